The molecule has 0 aliphatic heterocycles. The summed E-state index contributed by atoms with van der Waals surface area (Å²) >= 11 is 0. The largest absolute Gasteiger partial charge is 0.481 e. The zero-order valence-corrected chi connectivity index (χ0v) is 11.3. The van der Waals surface area contributed by atoms with Gasteiger partial charge in [0.25, 0.3) is 0 Å². The third-order valence-electron chi connectivity index (χ3n) is 3.16. The number of aliphatic carboxylic acids is 2. The number of nitrogens with zero attached hydrogens (tertiary/aromatic N) is 1. The number of hydrogen-bond acceptors (Lipinski definition) is 3. The molecule has 2 N–H and O–H groups in total. The fourth-order valence-corrected chi connectivity index (χ4v) is 2.15. The van der Waals surface area contributed by atoms with Gasteiger partial charge < -0.3 is 10.2 Å². The normalized spacial score (nSPS) is 16.1. The summed E-state index contributed by atoms with van der Waals surface area (Å²) in [7, 11) is 0. The highest BCUT2D eigenvalue weighted by molar-refractivity contribution is 5.86. The second-order valence-electron chi connectivity index (χ2n) is 5.38. The number of carboxylic acid groups (broad SMARTS) is 2. The van der Waals surface area contributed by atoms with Gasteiger partial charge in [-0.25, -0.2) is 0 Å². The monoisotopic (exact) mass is 255 g/mol. The lowest BCUT2D eigenvalue weighted by Gasteiger charge is -2.31. The summed E-state index contributed by atoms with van der Waals surface area (Å²) in [5.74, 6) is -3.95. The Bertz CT molecular complexity index is 356. The molecule has 0 bridgehead atoms. The molecule has 0 radical (unpaired) electrons. The Balaban J connectivity index is 5.50. The minimum absolute atomic E-state index is 0.0612. The maximum atomic E-state index is 11.4. The van der Waals surface area contributed by atoms with Crippen LogP contribution < -0.4 is 0 Å². The third-order valence-corrected chi connectivity index (χ3v) is 3.16. The fourth-order valence-electron chi connectivity index (χ4n) is 2.15. The van der Waals surface area contributed by atoms with Crippen LogP contribution >= 0.6 is 0 Å². The zero-order chi connectivity index (χ0) is 14.5. The van der Waals surface area contributed by atoms with E-state index in [1.165, 1.54) is 0 Å². The number of carboxylic acids is 2. The van der Waals surface area contributed by atoms with E-state index < -0.39 is 29.2 Å². The lowest BCUT2D eigenvalue weighted by molar-refractivity contribution is -0.161. The molecule has 2 unspecified atom stereocenters. The molecule has 102 valence electrons. The molecular formula is C13H21NO4. The predicted molar refractivity (Wildman–Crippen MR) is 65.7 cm³/mol. The first-order valence-corrected chi connectivity index (χ1v) is 6.06. The Hall–Kier alpha value is -1.57. The molecule has 2 atom stereocenters. The van der Waals surface area contributed by atoms with Crippen LogP contribution in [0.4, 0.5) is 0 Å². The number of hydrogen-bond donors (Lipinski definition) is 2. The second-order valence-corrected chi connectivity index (χ2v) is 5.38. The summed E-state index contributed by atoms with van der Waals surface area (Å²) in [6.07, 6.45) is 0.571. The predicted octanol–water partition coefficient (Wildman–Crippen LogP) is 2.37. The van der Waals surface area contributed by atoms with Gasteiger partial charge in [-0.3, -0.25) is 9.59 Å². The van der Waals surface area contributed by atoms with Crippen molar-refractivity contribution in [2.75, 3.05) is 0 Å². The molecule has 18 heavy (non-hydrogen) atoms. The maximum absolute atomic E-state index is 11.4. The first-order valence-electron chi connectivity index (χ1n) is 6.06. The molecule has 0 rings (SSSR count). The number of rotatable bonds is 7. The van der Waals surface area contributed by atoms with Gasteiger partial charge in [0, 0.05) is 0 Å². The van der Waals surface area contributed by atoms with E-state index >= 15 is 0 Å². The van der Waals surface area contributed by atoms with E-state index in [4.69, 9.17) is 0 Å². The molecule has 0 spiro atoms. The maximum Gasteiger partial charge on any atom is 0.324 e. The highest BCUT2D eigenvalue weighted by Gasteiger charge is 2.51. The van der Waals surface area contributed by atoms with E-state index in [1.54, 1.807) is 19.9 Å². The Morgan fingerprint density at radius 1 is 1.22 bits per heavy atom. The topological polar surface area (TPSA) is 98.4 Å². The van der Waals surface area contributed by atoms with Gasteiger partial charge in [0.2, 0.25) is 0 Å². The molecule has 0 aromatic heterocycles. The first kappa shape index (κ1) is 16.4. The van der Waals surface area contributed by atoms with Crippen LogP contribution in [0.25, 0.3) is 0 Å². The Morgan fingerprint density at radius 2 is 1.72 bits per heavy atom. The van der Waals surface area contributed by atoms with Crippen molar-refractivity contribution >= 4 is 11.9 Å². The molecule has 5 nitrogen and oxygen atoms in total. The fraction of sp³-hybridized carbons (Fsp3) is 0.769. The minimum atomic E-state index is -1.84. The van der Waals surface area contributed by atoms with Gasteiger partial charge in [-0.15, -0.1) is 0 Å². The molecule has 0 aliphatic rings. The van der Waals surface area contributed by atoms with E-state index in [1.807, 2.05) is 13.8 Å². The molecular weight excluding hydrogens is 234 g/mol. The van der Waals surface area contributed by atoms with Gasteiger partial charge >= 0.3 is 11.9 Å². The minimum Gasteiger partial charge on any atom is -0.481 e. The van der Waals surface area contributed by atoms with E-state index in [9.17, 15) is 25.1 Å². The zero-order valence-electron chi connectivity index (χ0n) is 11.3. The van der Waals surface area contributed by atoms with Crippen LogP contribution in [0.15, 0.2) is 0 Å². The molecule has 0 heterocycles. The molecule has 0 aromatic rings. The smallest absolute Gasteiger partial charge is 0.324 e. The van der Waals surface area contributed by atoms with E-state index in [0.29, 0.717) is 6.42 Å². The van der Waals surface area contributed by atoms with Crippen molar-refractivity contribution in [3.63, 3.8) is 0 Å². The molecule has 0 saturated carbocycles. The van der Waals surface area contributed by atoms with Gasteiger partial charge in [-0.2, -0.15) is 5.26 Å². The summed E-state index contributed by atoms with van der Waals surface area (Å²) in [6.45, 7) is 7.08. The highest BCUT2D eigenvalue weighted by atomic mass is 16.4. The highest BCUT2D eigenvalue weighted by Crippen LogP contribution is 2.38. The van der Waals surface area contributed by atoms with Crippen LogP contribution in [0.5, 0.6) is 0 Å². The van der Waals surface area contributed by atoms with E-state index in [2.05, 4.69) is 0 Å². The van der Waals surface area contributed by atoms with Crippen LogP contribution in [0, 0.1) is 34.5 Å². The SMILES string of the molecule is CC(C)CCC(C#N)(C(=O)O)C(C(=O)O)C(C)C. The van der Waals surface area contributed by atoms with Crippen molar-refractivity contribution in [1.82, 2.24) is 0 Å². The second kappa shape index (κ2) is 6.39. The van der Waals surface area contributed by atoms with Gasteiger partial charge in [0.1, 0.15) is 0 Å². The number of nitriles is 1. The summed E-state index contributed by atoms with van der Waals surface area (Å²) < 4.78 is 0. The Kier molecular flexibility index (Phi) is 5.83. The van der Waals surface area contributed by atoms with Gasteiger partial charge in [0.15, 0.2) is 5.41 Å². The van der Waals surface area contributed by atoms with Crippen molar-refractivity contribution in [2.45, 2.75) is 40.5 Å². The summed E-state index contributed by atoms with van der Waals surface area (Å²) in [6, 6.07) is 1.75. The molecule has 0 aromatic carbocycles. The Morgan fingerprint density at radius 3 is 1.94 bits per heavy atom. The average Bonchev–Trinajstić information content (AvgIpc) is 2.21. The molecule has 5 heteroatoms. The third kappa shape index (κ3) is 3.46. The molecule has 0 saturated heterocycles. The van der Waals surface area contributed by atoms with Crippen LogP contribution in [0.3, 0.4) is 0 Å². The van der Waals surface area contributed by atoms with Crippen molar-refractivity contribution in [2.24, 2.45) is 23.2 Å². The van der Waals surface area contributed by atoms with Crippen LogP contribution in [0.1, 0.15) is 40.5 Å². The first-order chi connectivity index (χ1) is 8.19. The Labute approximate surface area is 107 Å². The molecule has 0 aliphatic carbocycles. The van der Waals surface area contributed by atoms with Crippen LogP contribution in [-0.4, -0.2) is 22.2 Å². The number of carbonyl (C=O) groups is 2. The van der Waals surface area contributed by atoms with Gasteiger partial charge in [-0.1, -0.05) is 27.7 Å². The summed E-state index contributed by atoms with van der Waals surface area (Å²) in [4.78, 5) is 22.7. The van der Waals surface area contributed by atoms with E-state index in [-0.39, 0.29) is 12.3 Å². The quantitative estimate of drug-likeness (QED) is 0.727. The van der Waals surface area contributed by atoms with Crippen molar-refractivity contribution in [1.29, 1.82) is 5.26 Å². The van der Waals surface area contributed by atoms with Crippen molar-refractivity contribution < 1.29 is 19.8 Å². The lowest BCUT2D eigenvalue weighted by atomic mass is 9.68. The average molecular weight is 255 g/mol. The standard InChI is InChI=1S/C13H21NO4/c1-8(2)5-6-13(7-14,12(17)18)10(9(3)4)11(15)16/h8-10H,5-6H2,1-4H3,(H,15,16)(H,17,18). The van der Waals surface area contributed by atoms with Crippen molar-refractivity contribution in [3.05, 3.63) is 0 Å². The molecule has 0 amide bonds. The van der Waals surface area contributed by atoms with Crippen molar-refractivity contribution in [3.8, 4) is 6.07 Å². The summed E-state index contributed by atoms with van der Waals surface area (Å²) in [5, 5.41) is 27.8. The van der Waals surface area contributed by atoms with Gasteiger partial charge in [0.05, 0.1) is 12.0 Å². The van der Waals surface area contributed by atoms with Crippen LogP contribution in [0.2, 0.25) is 0 Å². The summed E-state index contributed by atoms with van der Waals surface area (Å²) in [5.41, 5.74) is -1.84. The van der Waals surface area contributed by atoms with Crippen LogP contribution in [-0.2, 0) is 9.59 Å². The van der Waals surface area contributed by atoms with Gasteiger partial charge in [-0.05, 0) is 24.7 Å². The van der Waals surface area contributed by atoms with E-state index in [0.717, 1.165) is 0 Å². The lowest BCUT2D eigenvalue weighted by Crippen LogP contribution is -2.44. The molecule has 0 fully saturated rings.